The van der Waals surface area contributed by atoms with Gasteiger partial charge in [0, 0.05) is 31.9 Å². The van der Waals surface area contributed by atoms with Crippen molar-refractivity contribution in [1.29, 1.82) is 0 Å². The van der Waals surface area contributed by atoms with Gasteiger partial charge >= 0.3 is 0 Å². The van der Waals surface area contributed by atoms with Crippen LogP contribution in [0.4, 0.5) is 5.69 Å². The highest BCUT2D eigenvalue weighted by atomic mass is 32.2. The highest BCUT2D eigenvalue weighted by Gasteiger charge is 2.45. The normalized spacial score (nSPS) is 18.5. The molecule has 0 aromatic heterocycles. The Morgan fingerprint density at radius 1 is 1.00 bits per heavy atom. The predicted octanol–water partition coefficient (Wildman–Crippen LogP) is 3.66. The minimum absolute atomic E-state index is 0.0438. The summed E-state index contributed by atoms with van der Waals surface area (Å²) in [5.41, 5.74) is 1.93. The molecule has 2 fully saturated rings. The van der Waals surface area contributed by atoms with Gasteiger partial charge in [-0.2, -0.15) is 0 Å². The zero-order chi connectivity index (χ0) is 25.1. The Morgan fingerprint density at radius 2 is 1.63 bits per heavy atom. The molecule has 190 valence electrons. The van der Waals surface area contributed by atoms with Gasteiger partial charge in [0.2, 0.25) is 5.91 Å². The molecule has 2 aromatic rings. The summed E-state index contributed by atoms with van der Waals surface area (Å²) in [7, 11) is -3.70. The second kappa shape index (κ2) is 10.3. The Kier molecular flexibility index (Phi) is 7.54. The van der Waals surface area contributed by atoms with E-state index in [-0.39, 0.29) is 16.2 Å². The van der Waals surface area contributed by atoms with Crippen molar-refractivity contribution in [3.8, 4) is 0 Å². The third-order valence-corrected chi connectivity index (χ3v) is 8.58. The molecule has 1 aliphatic heterocycles. The molecule has 1 saturated heterocycles. The summed E-state index contributed by atoms with van der Waals surface area (Å²) < 4.78 is 33.8. The summed E-state index contributed by atoms with van der Waals surface area (Å²) in [5, 5.41) is 3.13. The molecule has 1 aliphatic carbocycles. The van der Waals surface area contributed by atoms with Crippen LogP contribution in [0.15, 0.2) is 53.4 Å². The molecule has 0 spiro atoms. The lowest BCUT2D eigenvalue weighted by molar-refractivity contribution is -0.130. The van der Waals surface area contributed by atoms with E-state index in [2.05, 4.69) is 35.7 Å². The van der Waals surface area contributed by atoms with Crippen molar-refractivity contribution in [2.45, 2.75) is 55.8 Å². The second-order valence-corrected chi connectivity index (χ2v) is 12.3. The number of sulfonamides is 1. The number of benzene rings is 2. The first kappa shape index (κ1) is 25.7. The van der Waals surface area contributed by atoms with Gasteiger partial charge in [-0.25, -0.2) is 8.42 Å². The van der Waals surface area contributed by atoms with Crippen LogP contribution >= 0.6 is 0 Å². The van der Waals surface area contributed by atoms with Crippen LogP contribution in [0.1, 0.15) is 51.2 Å². The number of amides is 1. The molecule has 1 saturated carbocycles. The Morgan fingerprint density at radius 3 is 2.17 bits per heavy atom. The lowest BCUT2D eigenvalue weighted by atomic mass is 9.64. The fraction of sp³-hybridized carbons (Fsp3) is 0.519. The van der Waals surface area contributed by atoms with E-state index >= 15 is 0 Å². The van der Waals surface area contributed by atoms with E-state index in [1.807, 2.05) is 24.3 Å². The molecule has 35 heavy (non-hydrogen) atoms. The molecule has 4 rings (SSSR count). The van der Waals surface area contributed by atoms with Gasteiger partial charge in [-0.1, -0.05) is 51.5 Å². The van der Waals surface area contributed by atoms with Crippen LogP contribution in [0.5, 0.6) is 0 Å². The molecule has 1 heterocycles. The van der Waals surface area contributed by atoms with Crippen LogP contribution < -0.4 is 10.0 Å². The number of nitrogens with one attached hydrogen (secondary N) is 2. The highest BCUT2D eigenvalue weighted by molar-refractivity contribution is 7.92. The smallest absolute Gasteiger partial charge is 0.261 e. The van der Waals surface area contributed by atoms with Crippen LogP contribution in [0.25, 0.3) is 0 Å². The van der Waals surface area contributed by atoms with Gasteiger partial charge in [0.15, 0.2) is 0 Å². The van der Waals surface area contributed by atoms with Gasteiger partial charge in [0.25, 0.3) is 10.0 Å². The van der Waals surface area contributed by atoms with Crippen molar-refractivity contribution in [2.75, 3.05) is 44.1 Å². The molecule has 2 aliphatic rings. The SMILES string of the molecule is CC(C)(C)c1ccc(S(=O)(=O)Nc2ccc(C3(C(=O)NCCN4CCOCC4)CCC3)cc2)cc1. The van der Waals surface area contributed by atoms with E-state index < -0.39 is 15.4 Å². The zero-order valence-electron chi connectivity index (χ0n) is 21.0. The molecule has 2 N–H and O–H groups in total. The Labute approximate surface area is 209 Å². The number of morpholine rings is 1. The monoisotopic (exact) mass is 499 g/mol. The number of nitrogens with zero attached hydrogens (tertiary/aromatic N) is 1. The summed E-state index contributed by atoms with van der Waals surface area (Å²) >= 11 is 0. The standard InChI is InChI=1S/C27H37N3O4S/c1-26(2,3)21-7-11-24(12-8-21)35(32,33)29-23-9-5-22(6-10-23)27(13-4-14-27)25(31)28-15-16-30-17-19-34-20-18-30/h5-12,29H,4,13-20H2,1-3H3,(H,28,31). The molecule has 0 unspecified atom stereocenters. The van der Waals surface area contributed by atoms with Crippen LogP contribution in [0.2, 0.25) is 0 Å². The van der Waals surface area contributed by atoms with Crippen molar-refractivity contribution in [2.24, 2.45) is 0 Å². The fourth-order valence-electron chi connectivity index (χ4n) is 4.70. The topological polar surface area (TPSA) is 87.7 Å². The number of anilines is 1. The predicted molar refractivity (Wildman–Crippen MR) is 138 cm³/mol. The second-order valence-electron chi connectivity index (χ2n) is 10.6. The Balaban J connectivity index is 1.39. The molecule has 7 nitrogen and oxygen atoms in total. The van der Waals surface area contributed by atoms with E-state index in [1.165, 1.54) is 0 Å². The van der Waals surface area contributed by atoms with E-state index in [9.17, 15) is 13.2 Å². The largest absolute Gasteiger partial charge is 0.379 e. The van der Waals surface area contributed by atoms with E-state index in [4.69, 9.17) is 4.74 Å². The third-order valence-electron chi connectivity index (χ3n) is 7.18. The fourth-order valence-corrected chi connectivity index (χ4v) is 5.76. The van der Waals surface area contributed by atoms with Gasteiger partial charge < -0.3 is 10.1 Å². The summed E-state index contributed by atoms with van der Waals surface area (Å²) in [6.45, 7) is 11.0. The molecular weight excluding hydrogens is 462 g/mol. The molecule has 2 aromatic carbocycles. The van der Waals surface area contributed by atoms with Crippen LogP contribution in [-0.2, 0) is 30.4 Å². The van der Waals surface area contributed by atoms with Gasteiger partial charge in [-0.05, 0) is 53.6 Å². The first-order chi connectivity index (χ1) is 16.6. The molecule has 0 atom stereocenters. The van der Waals surface area contributed by atoms with E-state index in [1.54, 1.807) is 24.3 Å². The van der Waals surface area contributed by atoms with Gasteiger partial charge in [0.1, 0.15) is 0 Å². The van der Waals surface area contributed by atoms with Gasteiger partial charge in [-0.15, -0.1) is 0 Å². The third kappa shape index (κ3) is 5.88. The minimum atomic E-state index is -3.70. The quantitative estimate of drug-likeness (QED) is 0.579. The number of carbonyl (C=O) groups excluding carboxylic acids is 1. The maximum absolute atomic E-state index is 13.1. The number of hydrogen-bond acceptors (Lipinski definition) is 5. The Bertz CT molecular complexity index is 1110. The molecule has 0 bridgehead atoms. The van der Waals surface area contributed by atoms with Gasteiger partial charge in [-0.3, -0.25) is 14.4 Å². The maximum atomic E-state index is 13.1. The number of carbonyl (C=O) groups is 1. The molecule has 0 radical (unpaired) electrons. The summed E-state index contributed by atoms with van der Waals surface area (Å²) in [6.07, 6.45) is 2.62. The van der Waals surface area contributed by atoms with Crippen LogP contribution in [0, 0.1) is 0 Å². The molecular formula is C27H37N3O4S. The minimum Gasteiger partial charge on any atom is -0.379 e. The van der Waals surface area contributed by atoms with Crippen molar-refractivity contribution in [1.82, 2.24) is 10.2 Å². The highest BCUT2D eigenvalue weighted by Crippen LogP contribution is 2.44. The number of hydrogen-bond donors (Lipinski definition) is 2. The van der Waals surface area contributed by atoms with Crippen LogP contribution in [-0.4, -0.2) is 58.6 Å². The first-order valence-electron chi connectivity index (χ1n) is 12.4. The van der Waals surface area contributed by atoms with Crippen molar-refractivity contribution in [3.05, 3.63) is 59.7 Å². The summed E-state index contributed by atoms with van der Waals surface area (Å²) in [4.78, 5) is 15.6. The maximum Gasteiger partial charge on any atom is 0.261 e. The van der Waals surface area contributed by atoms with Crippen molar-refractivity contribution < 1.29 is 17.9 Å². The van der Waals surface area contributed by atoms with E-state index in [0.29, 0.717) is 12.2 Å². The first-order valence-corrected chi connectivity index (χ1v) is 13.9. The lowest BCUT2D eigenvalue weighted by Gasteiger charge is -2.41. The summed E-state index contributed by atoms with van der Waals surface area (Å²) in [5.74, 6) is 0.0595. The van der Waals surface area contributed by atoms with Gasteiger partial charge in [0.05, 0.1) is 23.5 Å². The average molecular weight is 500 g/mol. The molecule has 8 heteroatoms. The lowest BCUT2D eigenvalue weighted by Crippen LogP contribution is -2.51. The summed E-state index contributed by atoms with van der Waals surface area (Å²) in [6, 6.07) is 14.2. The number of ether oxygens (including phenoxy) is 1. The molecule has 1 amide bonds. The van der Waals surface area contributed by atoms with Crippen LogP contribution in [0.3, 0.4) is 0 Å². The van der Waals surface area contributed by atoms with Crippen molar-refractivity contribution >= 4 is 21.6 Å². The van der Waals surface area contributed by atoms with E-state index in [0.717, 1.165) is 63.2 Å². The number of rotatable bonds is 8. The van der Waals surface area contributed by atoms with Crippen molar-refractivity contribution in [3.63, 3.8) is 0 Å². The zero-order valence-corrected chi connectivity index (χ0v) is 21.8. The average Bonchev–Trinajstić information content (AvgIpc) is 2.79. The Hall–Kier alpha value is -2.42.